The van der Waals surface area contributed by atoms with Crippen LogP contribution in [0.3, 0.4) is 0 Å². The summed E-state index contributed by atoms with van der Waals surface area (Å²) >= 11 is 0. The Balaban J connectivity index is 1.45. The van der Waals surface area contributed by atoms with Crippen LogP contribution in [-0.4, -0.2) is 72.8 Å². The second kappa shape index (κ2) is 8.42. The molecule has 146 valence electrons. The molecule has 0 saturated carbocycles. The molecular formula is C21H29N3O3. The second-order valence-corrected chi connectivity index (χ2v) is 7.60. The number of hydrogen-bond acceptors (Lipinski definition) is 4. The van der Waals surface area contributed by atoms with Crippen LogP contribution in [0.1, 0.15) is 18.9 Å². The van der Waals surface area contributed by atoms with Gasteiger partial charge in [-0.1, -0.05) is 12.1 Å². The molecule has 3 heterocycles. The van der Waals surface area contributed by atoms with E-state index < -0.39 is 0 Å². The van der Waals surface area contributed by atoms with Crippen LogP contribution < -0.4 is 0 Å². The number of carbonyl (C=O) groups excluding carboxylic acids is 1. The predicted octanol–water partition coefficient (Wildman–Crippen LogP) is 2.25. The van der Waals surface area contributed by atoms with E-state index in [9.17, 15) is 4.79 Å². The third-order valence-electron chi connectivity index (χ3n) is 5.97. The van der Waals surface area contributed by atoms with E-state index in [2.05, 4.69) is 41.1 Å². The number of amides is 1. The van der Waals surface area contributed by atoms with Crippen molar-refractivity contribution in [3.63, 3.8) is 0 Å². The Bertz CT molecular complexity index is 769. The molecule has 6 nitrogen and oxygen atoms in total. The van der Waals surface area contributed by atoms with Gasteiger partial charge < -0.3 is 19.4 Å². The number of nitrogens with one attached hydrogen (secondary N) is 1. The molecule has 0 bridgehead atoms. The minimum Gasteiger partial charge on any atom is -0.380 e. The number of rotatable bonds is 4. The monoisotopic (exact) mass is 371 g/mol. The Labute approximate surface area is 160 Å². The normalized spacial score (nSPS) is 24.9. The van der Waals surface area contributed by atoms with E-state index in [4.69, 9.17) is 9.47 Å². The second-order valence-electron chi connectivity index (χ2n) is 7.60. The Hall–Kier alpha value is -1.89. The standard InChI is InChI=1S/C21H29N3O3/c1-16-18(13-21(25)23-7-10-26-11-8-23)15-27-12-9-24(16)14-17-3-2-4-20-19(17)5-6-22-20/h2-6,16,18,22H,7-15H2,1H3/t16-,18+/m1/s1. The van der Waals surface area contributed by atoms with Crippen LogP contribution in [-0.2, 0) is 20.8 Å². The fourth-order valence-corrected chi connectivity index (χ4v) is 4.18. The first-order chi connectivity index (χ1) is 13.2. The van der Waals surface area contributed by atoms with Crippen molar-refractivity contribution in [2.75, 3.05) is 46.1 Å². The number of ether oxygens (including phenoxy) is 2. The van der Waals surface area contributed by atoms with Gasteiger partial charge in [0.25, 0.3) is 0 Å². The first-order valence-corrected chi connectivity index (χ1v) is 9.94. The number of aromatic nitrogens is 1. The third-order valence-corrected chi connectivity index (χ3v) is 5.97. The van der Waals surface area contributed by atoms with Gasteiger partial charge in [0.05, 0.1) is 26.4 Å². The van der Waals surface area contributed by atoms with Gasteiger partial charge in [0.1, 0.15) is 0 Å². The molecule has 0 radical (unpaired) electrons. The highest BCUT2D eigenvalue weighted by Crippen LogP contribution is 2.25. The van der Waals surface area contributed by atoms with Crippen LogP contribution in [0.25, 0.3) is 10.9 Å². The summed E-state index contributed by atoms with van der Waals surface area (Å²) in [5.41, 5.74) is 2.49. The van der Waals surface area contributed by atoms with Crippen molar-refractivity contribution in [1.82, 2.24) is 14.8 Å². The summed E-state index contributed by atoms with van der Waals surface area (Å²) in [6.45, 7) is 8.09. The summed E-state index contributed by atoms with van der Waals surface area (Å²) in [6.07, 6.45) is 2.54. The highest BCUT2D eigenvalue weighted by Gasteiger charge is 2.30. The zero-order valence-corrected chi connectivity index (χ0v) is 16.0. The summed E-state index contributed by atoms with van der Waals surface area (Å²) in [5.74, 6) is 0.446. The van der Waals surface area contributed by atoms with E-state index >= 15 is 0 Å². The molecule has 0 spiro atoms. The minimum atomic E-state index is 0.216. The van der Waals surface area contributed by atoms with E-state index in [0.717, 1.165) is 19.7 Å². The maximum atomic E-state index is 12.7. The lowest BCUT2D eigenvalue weighted by molar-refractivity contribution is -0.137. The average molecular weight is 371 g/mol. The van der Waals surface area contributed by atoms with Crippen LogP contribution in [0.5, 0.6) is 0 Å². The average Bonchev–Trinajstić information content (AvgIpc) is 3.12. The largest absolute Gasteiger partial charge is 0.380 e. The number of hydrogen-bond donors (Lipinski definition) is 1. The number of aromatic amines is 1. The molecule has 2 aromatic rings. The van der Waals surface area contributed by atoms with Gasteiger partial charge >= 0.3 is 0 Å². The summed E-state index contributed by atoms with van der Waals surface area (Å²) in [7, 11) is 0. The number of benzene rings is 1. The Morgan fingerprint density at radius 3 is 2.81 bits per heavy atom. The number of morpholine rings is 1. The number of carbonyl (C=O) groups is 1. The molecule has 0 unspecified atom stereocenters. The van der Waals surface area contributed by atoms with Crippen molar-refractivity contribution in [2.45, 2.75) is 25.9 Å². The zero-order chi connectivity index (χ0) is 18.6. The van der Waals surface area contributed by atoms with E-state index in [1.807, 2.05) is 11.1 Å². The fourth-order valence-electron chi connectivity index (χ4n) is 4.18. The topological polar surface area (TPSA) is 57.8 Å². The van der Waals surface area contributed by atoms with Gasteiger partial charge in [0, 0.05) is 61.7 Å². The van der Waals surface area contributed by atoms with Crippen LogP contribution in [0, 0.1) is 5.92 Å². The van der Waals surface area contributed by atoms with Crippen LogP contribution in [0.2, 0.25) is 0 Å². The maximum absolute atomic E-state index is 12.7. The smallest absolute Gasteiger partial charge is 0.223 e. The molecule has 1 amide bonds. The summed E-state index contributed by atoms with van der Waals surface area (Å²) in [4.78, 5) is 20.4. The molecule has 27 heavy (non-hydrogen) atoms. The van der Waals surface area contributed by atoms with E-state index in [0.29, 0.717) is 45.4 Å². The Morgan fingerprint density at radius 1 is 1.15 bits per heavy atom. The van der Waals surface area contributed by atoms with Gasteiger partial charge in [-0.25, -0.2) is 0 Å². The first-order valence-electron chi connectivity index (χ1n) is 9.94. The summed E-state index contributed by atoms with van der Waals surface area (Å²) < 4.78 is 11.2. The van der Waals surface area contributed by atoms with Crippen LogP contribution >= 0.6 is 0 Å². The van der Waals surface area contributed by atoms with Gasteiger partial charge in [0.2, 0.25) is 5.91 Å². The molecule has 2 atom stereocenters. The molecule has 0 aliphatic carbocycles. The van der Waals surface area contributed by atoms with E-state index in [1.165, 1.54) is 16.5 Å². The summed E-state index contributed by atoms with van der Waals surface area (Å²) in [5, 5.41) is 1.27. The number of fused-ring (bicyclic) bond motifs is 1. The molecule has 1 N–H and O–H groups in total. The Morgan fingerprint density at radius 2 is 1.96 bits per heavy atom. The summed E-state index contributed by atoms with van der Waals surface area (Å²) in [6, 6.07) is 8.85. The van der Waals surface area contributed by atoms with Crippen molar-refractivity contribution in [3.8, 4) is 0 Å². The van der Waals surface area contributed by atoms with Gasteiger partial charge in [-0.2, -0.15) is 0 Å². The molecule has 6 heteroatoms. The minimum absolute atomic E-state index is 0.216. The quantitative estimate of drug-likeness (QED) is 0.896. The molecule has 4 rings (SSSR count). The molecule has 2 aliphatic heterocycles. The van der Waals surface area contributed by atoms with Gasteiger partial charge in [-0.05, 0) is 24.6 Å². The van der Waals surface area contributed by atoms with Crippen molar-refractivity contribution in [1.29, 1.82) is 0 Å². The molecule has 1 aromatic carbocycles. The predicted molar refractivity (Wildman–Crippen MR) is 104 cm³/mol. The van der Waals surface area contributed by atoms with Crippen LogP contribution in [0.4, 0.5) is 0 Å². The molecule has 1 aromatic heterocycles. The number of nitrogens with zero attached hydrogens (tertiary/aromatic N) is 2. The molecule has 2 aliphatic rings. The molecule has 2 saturated heterocycles. The lowest BCUT2D eigenvalue weighted by Gasteiger charge is -2.33. The molecular weight excluding hydrogens is 342 g/mol. The van der Waals surface area contributed by atoms with Gasteiger partial charge in [-0.15, -0.1) is 0 Å². The van der Waals surface area contributed by atoms with Gasteiger partial charge in [-0.3, -0.25) is 9.69 Å². The van der Waals surface area contributed by atoms with Crippen molar-refractivity contribution in [3.05, 3.63) is 36.0 Å². The van der Waals surface area contributed by atoms with Crippen molar-refractivity contribution in [2.24, 2.45) is 5.92 Å². The van der Waals surface area contributed by atoms with Gasteiger partial charge in [0.15, 0.2) is 0 Å². The fraction of sp³-hybridized carbons (Fsp3) is 0.571. The third kappa shape index (κ3) is 4.18. The lowest BCUT2D eigenvalue weighted by atomic mass is 9.95. The zero-order valence-electron chi connectivity index (χ0n) is 16.0. The van der Waals surface area contributed by atoms with Crippen molar-refractivity contribution < 1.29 is 14.3 Å². The SMILES string of the molecule is C[C@@H]1[C@@H](CC(=O)N2CCOCC2)COCCN1Cc1cccc2[nH]ccc12. The Kier molecular flexibility index (Phi) is 5.76. The van der Waals surface area contributed by atoms with Crippen LogP contribution in [0.15, 0.2) is 30.5 Å². The number of H-pyrrole nitrogens is 1. The highest BCUT2D eigenvalue weighted by molar-refractivity contribution is 5.82. The lowest BCUT2D eigenvalue weighted by Crippen LogP contribution is -2.44. The maximum Gasteiger partial charge on any atom is 0.223 e. The molecule has 2 fully saturated rings. The van der Waals surface area contributed by atoms with E-state index in [-0.39, 0.29) is 11.8 Å². The first kappa shape index (κ1) is 18.5. The highest BCUT2D eigenvalue weighted by atomic mass is 16.5. The van der Waals surface area contributed by atoms with Crippen molar-refractivity contribution >= 4 is 16.8 Å². The van der Waals surface area contributed by atoms with E-state index in [1.54, 1.807) is 0 Å².